The number of carbonyl (C=O) groups is 2. The summed E-state index contributed by atoms with van der Waals surface area (Å²) in [6.07, 6.45) is -3.11. The molecule has 1 saturated carbocycles. The number of piperidine rings is 1. The summed E-state index contributed by atoms with van der Waals surface area (Å²) in [7, 11) is 0. The van der Waals surface area contributed by atoms with Crippen molar-refractivity contribution in [2.24, 2.45) is 11.3 Å². The summed E-state index contributed by atoms with van der Waals surface area (Å²) in [6.45, 7) is 4.24. The number of likely N-dealkylation sites (tertiary alicyclic amines) is 1. The third-order valence-electron chi connectivity index (χ3n) is 5.95. The van der Waals surface area contributed by atoms with Gasteiger partial charge in [0.25, 0.3) is 0 Å². The molecule has 1 aliphatic carbocycles. The van der Waals surface area contributed by atoms with E-state index in [1.807, 2.05) is 6.92 Å². The second-order valence-corrected chi connectivity index (χ2v) is 7.86. The SMILES string of the molecule is CCN1C[C@H]2CCC[C@@](COC(=O)c3ccccc3NC(=O)C(F)(F)F)(C1)[C@H]2O. The van der Waals surface area contributed by atoms with Gasteiger partial charge in [-0.3, -0.25) is 4.79 Å². The maximum atomic E-state index is 12.6. The second-order valence-electron chi connectivity index (χ2n) is 7.86. The second kappa shape index (κ2) is 8.31. The van der Waals surface area contributed by atoms with Crippen LogP contribution in [0.2, 0.25) is 0 Å². The summed E-state index contributed by atoms with van der Waals surface area (Å²) in [4.78, 5) is 26.1. The minimum atomic E-state index is -5.07. The van der Waals surface area contributed by atoms with Gasteiger partial charge in [-0.1, -0.05) is 25.5 Å². The van der Waals surface area contributed by atoms with Crippen LogP contribution in [-0.2, 0) is 9.53 Å². The molecule has 1 aromatic rings. The minimum Gasteiger partial charge on any atom is -0.461 e. The Kier molecular flexibility index (Phi) is 6.19. The molecule has 2 aliphatic rings. The number of halogens is 3. The number of nitrogens with one attached hydrogen (secondary N) is 1. The highest BCUT2D eigenvalue weighted by molar-refractivity contribution is 6.02. The summed E-state index contributed by atoms with van der Waals surface area (Å²) in [5.74, 6) is -2.87. The van der Waals surface area contributed by atoms with Crippen molar-refractivity contribution in [2.45, 2.75) is 38.5 Å². The van der Waals surface area contributed by atoms with Crippen LogP contribution in [0.3, 0.4) is 0 Å². The predicted molar refractivity (Wildman–Crippen MR) is 99.3 cm³/mol. The molecule has 0 aromatic heterocycles. The molecule has 1 heterocycles. The molecule has 2 bridgehead atoms. The highest BCUT2D eigenvalue weighted by Gasteiger charge is 2.50. The van der Waals surface area contributed by atoms with Crippen LogP contribution < -0.4 is 5.32 Å². The molecule has 0 unspecified atom stereocenters. The van der Waals surface area contributed by atoms with Crippen LogP contribution in [0.15, 0.2) is 24.3 Å². The Morgan fingerprint density at radius 1 is 1.34 bits per heavy atom. The van der Waals surface area contributed by atoms with Gasteiger partial charge >= 0.3 is 18.1 Å². The lowest BCUT2D eigenvalue weighted by atomic mass is 9.64. The normalized spacial score (nSPS) is 27.3. The molecule has 2 fully saturated rings. The molecule has 3 rings (SSSR count). The molecule has 1 amide bonds. The number of hydrogen-bond acceptors (Lipinski definition) is 5. The Balaban J connectivity index is 1.73. The fourth-order valence-electron chi connectivity index (χ4n) is 4.42. The molecule has 2 N–H and O–H groups in total. The highest BCUT2D eigenvalue weighted by Crippen LogP contribution is 2.44. The van der Waals surface area contributed by atoms with Gasteiger partial charge in [-0.25, -0.2) is 4.79 Å². The summed E-state index contributed by atoms with van der Waals surface area (Å²) in [6, 6.07) is 5.40. The van der Waals surface area contributed by atoms with E-state index in [0.29, 0.717) is 13.0 Å². The number of nitrogens with zero attached hydrogens (tertiary/aromatic N) is 1. The summed E-state index contributed by atoms with van der Waals surface area (Å²) < 4.78 is 43.1. The van der Waals surface area contributed by atoms with Crippen molar-refractivity contribution >= 4 is 17.6 Å². The van der Waals surface area contributed by atoms with E-state index < -0.39 is 29.6 Å². The molecule has 1 aliphatic heterocycles. The summed E-state index contributed by atoms with van der Waals surface area (Å²) in [5.41, 5.74) is -1.01. The zero-order valence-electron chi connectivity index (χ0n) is 16.2. The standard InChI is InChI=1S/C20H25F3N2O4/c1-2-25-10-13-6-5-9-19(11-25,16(13)26)12-29-17(27)14-7-3-4-8-15(14)24-18(28)20(21,22)23/h3-4,7-8,13,16,26H,2,5-6,9-12H2,1H3,(H,24,28)/t13-,16+,19+/m1/s1. The van der Waals surface area contributed by atoms with Gasteiger partial charge in [0.2, 0.25) is 0 Å². The van der Waals surface area contributed by atoms with E-state index in [1.165, 1.54) is 24.3 Å². The molecule has 1 saturated heterocycles. The zero-order valence-corrected chi connectivity index (χ0v) is 16.2. The molecule has 160 valence electrons. The molecule has 0 radical (unpaired) electrons. The number of fused-ring (bicyclic) bond motifs is 2. The van der Waals surface area contributed by atoms with Crippen LogP contribution in [0.1, 0.15) is 36.5 Å². The van der Waals surface area contributed by atoms with Gasteiger partial charge in [-0.15, -0.1) is 0 Å². The van der Waals surface area contributed by atoms with Crippen LogP contribution in [0, 0.1) is 11.3 Å². The molecule has 9 heteroatoms. The Morgan fingerprint density at radius 2 is 2.07 bits per heavy atom. The van der Waals surface area contributed by atoms with Crippen LogP contribution in [0.25, 0.3) is 0 Å². The number of benzene rings is 1. The first-order valence-electron chi connectivity index (χ1n) is 9.71. The van der Waals surface area contributed by atoms with E-state index in [4.69, 9.17) is 4.74 Å². The maximum absolute atomic E-state index is 12.6. The Bertz CT molecular complexity index is 770. The van der Waals surface area contributed by atoms with Crippen LogP contribution in [0.5, 0.6) is 0 Å². The van der Waals surface area contributed by atoms with Crippen molar-refractivity contribution < 1.29 is 32.6 Å². The number of rotatable bonds is 5. The first-order chi connectivity index (χ1) is 13.7. The third kappa shape index (κ3) is 4.56. The number of para-hydroxylation sites is 1. The average molecular weight is 414 g/mol. The molecule has 6 nitrogen and oxygen atoms in total. The van der Waals surface area contributed by atoms with Crippen molar-refractivity contribution in [3.05, 3.63) is 29.8 Å². The van der Waals surface area contributed by atoms with Crippen molar-refractivity contribution in [1.29, 1.82) is 0 Å². The van der Waals surface area contributed by atoms with E-state index in [0.717, 1.165) is 25.9 Å². The van der Waals surface area contributed by atoms with Crippen molar-refractivity contribution in [3.63, 3.8) is 0 Å². The third-order valence-corrected chi connectivity index (χ3v) is 5.95. The van der Waals surface area contributed by atoms with Crippen molar-refractivity contribution in [1.82, 2.24) is 4.90 Å². The maximum Gasteiger partial charge on any atom is 0.471 e. The molecule has 1 aromatic carbocycles. The first kappa shape index (κ1) is 21.6. The number of hydrogen-bond donors (Lipinski definition) is 2. The van der Waals surface area contributed by atoms with Gasteiger partial charge in [0, 0.05) is 18.5 Å². The predicted octanol–water partition coefficient (Wildman–Crippen LogP) is 2.83. The largest absolute Gasteiger partial charge is 0.471 e. The number of alkyl halides is 3. The lowest BCUT2D eigenvalue weighted by molar-refractivity contribution is -0.167. The van der Waals surface area contributed by atoms with E-state index in [1.54, 1.807) is 5.32 Å². The molecular weight excluding hydrogens is 389 g/mol. The monoisotopic (exact) mass is 414 g/mol. The Hall–Kier alpha value is -2.13. The fourth-order valence-corrected chi connectivity index (χ4v) is 4.42. The number of aliphatic hydroxyl groups is 1. The van der Waals surface area contributed by atoms with Gasteiger partial charge in [0.15, 0.2) is 0 Å². The lowest BCUT2D eigenvalue weighted by Crippen LogP contribution is -2.60. The number of esters is 1. The van der Waals surface area contributed by atoms with Crippen LogP contribution >= 0.6 is 0 Å². The summed E-state index contributed by atoms with van der Waals surface area (Å²) >= 11 is 0. The minimum absolute atomic E-state index is 0.0262. The van der Waals surface area contributed by atoms with Gasteiger partial charge in [-0.05, 0) is 37.4 Å². The van der Waals surface area contributed by atoms with Crippen molar-refractivity contribution in [3.8, 4) is 0 Å². The van der Waals surface area contributed by atoms with E-state index in [-0.39, 0.29) is 23.8 Å². The smallest absolute Gasteiger partial charge is 0.461 e. The van der Waals surface area contributed by atoms with Crippen molar-refractivity contribution in [2.75, 3.05) is 31.6 Å². The topological polar surface area (TPSA) is 78.9 Å². The molecule has 3 atom stereocenters. The highest BCUT2D eigenvalue weighted by atomic mass is 19.4. The lowest BCUT2D eigenvalue weighted by Gasteiger charge is -2.52. The molecule has 29 heavy (non-hydrogen) atoms. The first-order valence-corrected chi connectivity index (χ1v) is 9.71. The zero-order chi connectivity index (χ0) is 21.2. The van der Waals surface area contributed by atoms with Crippen LogP contribution in [0.4, 0.5) is 18.9 Å². The van der Waals surface area contributed by atoms with Gasteiger partial charge < -0.3 is 20.1 Å². The number of aliphatic hydroxyl groups excluding tert-OH is 1. The van der Waals surface area contributed by atoms with E-state index in [9.17, 15) is 27.9 Å². The van der Waals surface area contributed by atoms with Crippen LogP contribution in [-0.4, -0.2) is 60.4 Å². The number of anilines is 1. The van der Waals surface area contributed by atoms with E-state index >= 15 is 0 Å². The summed E-state index contributed by atoms with van der Waals surface area (Å²) in [5, 5.41) is 12.5. The Morgan fingerprint density at radius 3 is 2.76 bits per heavy atom. The van der Waals surface area contributed by atoms with Gasteiger partial charge in [0.05, 0.1) is 17.4 Å². The number of ether oxygens (including phenoxy) is 1. The number of carbonyl (C=O) groups excluding carboxylic acids is 2. The fraction of sp³-hybridized carbons (Fsp3) is 0.600. The van der Waals surface area contributed by atoms with Gasteiger partial charge in [-0.2, -0.15) is 13.2 Å². The van der Waals surface area contributed by atoms with Gasteiger partial charge in [0.1, 0.15) is 6.61 Å². The molecule has 0 spiro atoms. The van der Waals surface area contributed by atoms with E-state index in [2.05, 4.69) is 4.90 Å². The Labute approximate surface area is 167 Å². The number of amides is 1. The quantitative estimate of drug-likeness (QED) is 0.725. The average Bonchev–Trinajstić information content (AvgIpc) is 2.66. The molecular formula is C20H25F3N2O4.